The van der Waals surface area contributed by atoms with Gasteiger partial charge in [-0.1, -0.05) is 34.5 Å². The van der Waals surface area contributed by atoms with Crippen molar-refractivity contribution in [1.82, 2.24) is 9.97 Å². The van der Waals surface area contributed by atoms with Gasteiger partial charge in [0, 0.05) is 11.2 Å². The molecule has 2 heterocycles. The molecule has 0 atom stereocenters. The van der Waals surface area contributed by atoms with Gasteiger partial charge in [-0.15, -0.1) is 0 Å². The first kappa shape index (κ1) is 14.5. The fourth-order valence-corrected chi connectivity index (χ4v) is 4.07. The Bertz CT molecular complexity index is 908. The molecule has 0 radical (unpaired) electrons. The smallest absolute Gasteiger partial charge is 0.255 e. The lowest BCUT2D eigenvalue weighted by molar-refractivity contribution is 0.601. The topological polar surface area (TPSA) is 72.0 Å². The van der Waals surface area contributed by atoms with E-state index in [9.17, 15) is 8.42 Å². The molecule has 3 rings (SSSR count). The van der Waals surface area contributed by atoms with Crippen molar-refractivity contribution < 1.29 is 8.42 Å². The summed E-state index contributed by atoms with van der Waals surface area (Å²) < 4.78 is 27.6. The molecule has 9 heteroatoms. The zero-order chi connectivity index (χ0) is 15.0. The Balaban J connectivity index is 1.95. The number of fused-ring (bicyclic) bond motifs is 1. The second-order valence-electron chi connectivity index (χ2n) is 4.05. The predicted molar refractivity (Wildman–Crippen MR) is 84.7 cm³/mol. The lowest BCUT2D eigenvalue weighted by Gasteiger charge is -2.04. The highest BCUT2D eigenvalue weighted by molar-refractivity contribution is 7.93. The zero-order valence-electron chi connectivity index (χ0n) is 10.2. The third kappa shape index (κ3) is 3.11. The van der Waals surface area contributed by atoms with E-state index < -0.39 is 10.0 Å². The number of nitrogens with zero attached hydrogens (tertiary/aromatic N) is 2. The Morgan fingerprint density at radius 1 is 1.14 bits per heavy atom. The standard InChI is InChI=1S/C12H7Cl2N3O2S2/c13-7-1-3-9-10(5-7)20-12(16-9)17-21(18,19)8-2-4-11(14)15-6-8/h1-6H,(H,16,17). The normalized spacial score (nSPS) is 11.7. The van der Waals surface area contributed by atoms with Crippen LogP contribution < -0.4 is 4.72 Å². The van der Waals surface area contributed by atoms with Crippen molar-refractivity contribution in [2.75, 3.05) is 4.72 Å². The summed E-state index contributed by atoms with van der Waals surface area (Å²) in [4.78, 5) is 7.98. The van der Waals surface area contributed by atoms with E-state index in [0.29, 0.717) is 10.5 Å². The Labute approximate surface area is 134 Å². The maximum absolute atomic E-state index is 12.2. The highest BCUT2D eigenvalue weighted by Crippen LogP contribution is 2.29. The molecule has 5 nitrogen and oxygen atoms in total. The summed E-state index contributed by atoms with van der Waals surface area (Å²) in [6.07, 6.45) is 1.19. The highest BCUT2D eigenvalue weighted by Gasteiger charge is 2.17. The Kier molecular flexibility index (Phi) is 3.75. The van der Waals surface area contributed by atoms with E-state index in [1.54, 1.807) is 18.2 Å². The first-order chi connectivity index (χ1) is 9.94. The summed E-state index contributed by atoms with van der Waals surface area (Å²) >= 11 is 12.7. The second-order valence-corrected chi connectivity index (χ2v) is 7.59. The fourth-order valence-electron chi connectivity index (χ4n) is 1.64. The number of sulfonamides is 1. The van der Waals surface area contributed by atoms with Crippen molar-refractivity contribution >= 4 is 59.9 Å². The van der Waals surface area contributed by atoms with Gasteiger partial charge in [0.15, 0.2) is 5.13 Å². The summed E-state index contributed by atoms with van der Waals surface area (Å²) in [7, 11) is -3.74. The molecule has 0 fully saturated rings. The number of benzene rings is 1. The molecule has 0 amide bonds. The van der Waals surface area contributed by atoms with Gasteiger partial charge < -0.3 is 0 Å². The molecule has 1 aromatic carbocycles. The van der Waals surface area contributed by atoms with Gasteiger partial charge in [-0.05, 0) is 30.3 Å². The largest absolute Gasteiger partial charge is 0.265 e. The maximum Gasteiger partial charge on any atom is 0.265 e. The van der Waals surface area contributed by atoms with Crippen molar-refractivity contribution in [3.05, 3.63) is 46.7 Å². The minimum Gasteiger partial charge on any atom is -0.255 e. The van der Waals surface area contributed by atoms with Crippen LogP contribution in [0.5, 0.6) is 0 Å². The van der Waals surface area contributed by atoms with Gasteiger partial charge in [-0.25, -0.2) is 18.4 Å². The first-order valence-electron chi connectivity index (χ1n) is 5.64. The van der Waals surface area contributed by atoms with Gasteiger partial charge in [-0.3, -0.25) is 4.72 Å². The molecule has 0 saturated heterocycles. The lowest BCUT2D eigenvalue weighted by atomic mass is 10.3. The van der Waals surface area contributed by atoms with Crippen molar-refractivity contribution in [2.24, 2.45) is 0 Å². The van der Waals surface area contributed by atoms with E-state index in [1.165, 1.54) is 29.7 Å². The van der Waals surface area contributed by atoms with Gasteiger partial charge in [0.2, 0.25) is 0 Å². The Morgan fingerprint density at radius 3 is 2.67 bits per heavy atom. The Hall–Kier alpha value is -1.41. The van der Waals surface area contributed by atoms with E-state index in [0.717, 1.165) is 4.70 Å². The molecule has 0 aliphatic heterocycles. The van der Waals surface area contributed by atoms with Crippen LogP contribution in [0.1, 0.15) is 0 Å². The van der Waals surface area contributed by atoms with E-state index >= 15 is 0 Å². The number of anilines is 1. The van der Waals surface area contributed by atoms with Crippen LogP contribution in [0.2, 0.25) is 10.2 Å². The van der Waals surface area contributed by atoms with Crippen LogP contribution in [-0.2, 0) is 10.0 Å². The minimum absolute atomic E-state index is 0.0178. The van der Waals surface area contributed by atoms with E-state index in [2.05, 4.69) is 14.7 Å². The van der Waals surface area contributed by atoms with Gasteiger partial charge in [0.25, 0.3) is 10.0 Å². The van der Waals surface area contributed by atoms with Crippen LogP contribution in [0.25, 0.3) is 10.2 Å². The summed E-state index contributed by atoms with van der Waals surface area (Å²) in [6, 6.07) is 7.95. The van der Waals surface area contributed by atoms with E-state index in [-0.39, 0.29) is 15.2 Å². The number of rotatable bonds is 3. The monoisotopic (exact) mass is 359 g/mol. The predicted octanol–water partition coefficient (Wildman–Crippen LogP) is 3.80. The average molecular weight is 360 g/mol. The van der Waals surface area contributed by atoms with Gasteiger partial charge in [0.1, 0.15) is 10.0 Å². The van der Waals surface area contributed by atoms with Gasteiger partial charge >= 0.3 is 0 Å². The fraction of sp³-hybridized carbons (Fsp3) is 0. The van der Waals surface area contributed by atoms with Crippen LogP contribution in [0.15, 0.2) is 41.4 Å². The average Bonchev–Trinajstić information content (AvgIpc) is 2.79. The van der Waals surface area contributed by atoms with Crippen LogP contribution in [-0.4, -0.2) is 18.4 Å². The quantitative estimate of drug-likeness (QED) is 0.721. The molecule has 0 saturated carbocycles. The number of hydrogen-bond acceptors (Lipinski definition) is 5. The van der Waals surface area contributed by atoms with Crippen molar-refractivity contribution in [3.8, 4) is 0 Å². The van der Waals surface area contributed by atoms with Gasteiger partial charge in [-0.2, -0.15) is 0 Å². The molecule has 21 heavy (non-hydrogen) atoms. The van der Waals surface area contributed by atoms with Crippen LogP contribution in [0, 0.1) is 0 Å². The molecule has 0 spiro atoms. The SMILES string of the molecule is O=S(=O)(Nc1nc2ccc(Cl)cc2s1)c1ccc(Cl)nc1. The number of thiazole rings is 1. The molecule has 0 bridgehead atoms. The van der Waals surface area contributed by atoms with Gasteiger partial charge in [0.05, 0.1) is 10.2 Å². The third-order valence-electron chi connectivity index (χ3n) is 2.58. The van der Waals surface area contributed by atoms with Crippen molar-refractivity contribution in [3.63, 3.8) is 0 Å². The first-order valence-corrected chi connectivity index (χ1v) is 8.70. The third-order valence-corrected chi connectivity index (χ3v) is 5.43. The molecule has 0 aliphatic rings. The van der Waals surface area contributed by atoms with Crippen molar-refractivity contribution in [2.45, 2.75) is 4.90 Å². The van der Waals surface area contributed by atoms with Crippen LogP contribution >= 0.6 is 34.5 Å². The van der Waals surface area contributed by atoms with Crippen LogP contribution in [0.3, 0.4) is 0 Å². The van der Waals surface area contributed by atoms with Crippen LogP contribution in [0.4, 0.5) is 5.13 Å². The molecule has 3 aromatic rings. The molecule has 1 N–H and O–H groups in total. The summed E-state index contributed by atoms with van der Waals surface area (Å²) in [5.74, 6) is 0. The van der Waals surface area contributed by atoms with E-state index in [1.807, 2.05) is 0 Å². The minimum atomic E-state index is -3.74. The summed E-state index contributed by atoms with van der Waals surface area (Å²) in [5.41, 5.74) is 0.677. The highest BCUT2D eigenvalue weighted by atomic mass is 35.5. The second kappa shape index (κ2) is 5.42. The number of nitrogens with one attached hydrogen (secondary N) is 1. The number of hydrogen-bond donors (Lipinski definition) is 1. The number of halogens is 2. The maximum atomic E-state index is 12.2. The lowest BCUT2D eigenvalue weighted by Crippen LogP contribution is -2.12. The summed E-state index contributed by atoms with van der Waals surface area (Å²) in [6.45, 7) is 0. The van der Waals surface area contributed by atoms with E-state index in [4.69, 9.17) is 23.2 Å². The molecule has 108 valence electrons. The molecular weight excluding hydrogens is 353 g/mol. The van der Waals surface area contributed by atoms with Crippen molar-refractivity contribution in [1.29, 1.82) is 0 Å². The number of pyridine rings is 1. The molecular formula is C12H7Cl2N3O2S2. The Morgan fingerprint density at radius 2 is 1.95 bits per heavy atom. The zero-order valence-corrected chi connectivity index (χ0v) is 13.4. The molecule has 0 aliphatic carbocycles. The number of aromatic nitrogens is 2. The molecule has 0 unspecified atom stereocenters. The summed E-state index contributed by atoms with van der Waals surface area (Å²) in [5, 5.41) is 1.06. The molecule has 2 aromatic heterocycles.